The van der Waals surface area contributed by atoms with Crippen molar-refractivity contribution < 1.29 is 22.8 Å². The van der Waals surface area contributed by atoms with Crippen LogP contribution in [0.15, 0.2) is 46.6 Å². The van der Waals surface area contributed by atoms with Crippen molar-refractivity contribution in [3.8, 4) is 0 Å². The zero-order valence-corrected chi connectivity index (χ0v) is 20.2. The molecule has 184 valence electrons. The first-order chi connectivity index (χ1) is 16.3. The van der Waals surface area contributed by atoms with Crippen LogP contribution in [0.3, 0.4) is 0 Å². The fourth-order valence-electron chi connectivity index (χ4n) is 4.81. The summed E-state index contributed by atoms with van der Waals surface area (Å²) in [5.41, 5.74) is 1.44. The number of aryl methyl sites for hydroxylation is 1. The standard InChI is InChI=1S/C24H31FN4O4S/c1-27-14-10-21(26-31)23-22(34(27,32)33)11-17-29(23)13-3-2-12-28-15-8-19(9-16-28)24(30)18-4-6-20(25)7-5-18/h4-7,11,17,19,31H,2-3,8-10,12-16H2,1H3/b26-21+. The van der Waals surface area contributed by atoms with E-state index < -0.39 is 10.0 Å². The minimum Gasteiger partial charge on any atom is -0.411 e. The first-order valence-electron chi connectivity index (χ1n) is 11.7. The molecule has 8 nitrogen and oxygen atoms in total. The highest BCUT2D eigenvalue weighted by Crippen LogP contribution is 2.27. The molecular weight excluding hydrogens is 459 g/mol. The molecule has 34 heavy (non-hydrogen) atoms. The zero-order valence-electron chi connectivity index (χ0n) is 19.4. The lowest BCUT2D eigenvalue weighted by Gasteiger charge is -2.31. The molecule has 1 aromatic heterocycles. The minimum atomic E-state index is -3.60. The van der Waals surface area contributed by atoms with E-state index in [1.54, 1.807) is 24.4 Å². The van der Waals surface area contributed by atoms with Crippen LogP contribution in [0.1, 0.15) is 48.2 Å². The van der Waals surface area contributed by atoms with Crippen LogP contribution in [0.25, 0.3) is 0 Å². The number of oxime groups is 1. The molecule has 1 saturated heterocycles. The lowest BCUT2D eigenvalue weighted by Crippen LogP contribution is -2.37. The normalized spacial score (nSPS) is 20.8. The molecule has 3 heterocycles. The number of sulfonamides is 1. The van der Waals surface area contributed by atoms with E-state index in [4.69, 9.17) is 0 Å². The Hall–Kier alpha value is -2.56. The van der Waals surface area contributed by atoms with E-state index in [0.717, 1.165) is 45.3 Å². The van der Waals surface area contributed by atoms with Crippen LogP contribution in [0, 0.1) is 11.7 Å². The largest absolute Gasteiger partial charge is 0.411 e. The number of hydrogen-bond acceptors (Lipinski definition) is 6. The summed E-state index contributed by atoms with van der Waals surface area (Å²) in [4.78, 5) is 15.2. The summed E-state index contributed by atoms with van der Waals surface area (Å²) in [6.07, 6.45) is 5.48. The van der Waals surface area contributed by atoms with Gasteiger partial charge in [0.1, 0.15) is 16.4 Å². The molecule has 1 N–H and O–H groups in total. The SMILES string of the molecule is CN1CC/C(=N\O)c2c(ccn2CCCCN2CCC(C(=O)c3ccc(F)cc3)CC2)S1(=O)=O. The molecule has 0 spiro atoms. The van der Waals surface area contributed by atoms with Gasteiger partial charge in [-0.1, -0.05) is 5.16 Å². The molecule has 2 aliphatic rings. The van der Waals surface area contributed by atoms with Gasteiger partial charge < -0.3 is 14.7 Å². The number of carbonyl (C=O) groups excluding carboxylic acids is 1. The maximum absolute atomic E-state index is 13.1. The topological polar surface area (TPSA) is 95.2 Å². The van der Waals surface area contributed by atoms with Crippen molar-refractivity contribution in [3.63, 3.8) is 0 Å². The highest BCUT2D eigenvalue weighted by atomic mass is 32.2. The van der Waals surface area contributed by atoms with E-state index in [1.807, 2.05) is 4.57 Å². The number of nitrogens with zero attached hydrogens (tertiary/aromatic N) is 4. The van der Waals surface area contributed by atoms with Crippen LogP contribution in [0.5, 0.6) is 0 Å². The Morgan fingerprint density at radius 2 is 1.76 bits per heavy atom. The van der Waals surface area contributed by atoms with Gasteiger partial charge in [0.2, 0.25) is 10.0 Å². The predicted molar refractivity (Wildman–Crippen MR) is 126 cm³/mol. The van der Waals surface area contributed by atoms with Gasteiger partial charge in [-0.05, 0) is 75.6 Å². The maximum Gasteiger partial charge on any atom is 0.245 e. The Labute approximate surface area is 199 Å². The summed E-state index contributed by atoms with van der Waals surface area (Å²) in [5, 5.41) is 12.8. The predicted octanol–water partition coefficient (Wildman–Crippen LogP) is 3.20. The van der Waals surface area contributed by atoms with Crippen molar-refractivity contribution in [1.29, 1.82) is 0 Å². The summed E-state index contributed by atoms with van der Waals surface area (Å²) in [5.74, 6) is -0.264. The minimum absolute atomic E-state index is 0.0201. The molecule has 0 saturated carbocycles. The third-order valence-corrected chi connectivity index (χ3v) is 8.77. The molecule has 2 aromatic rings. The van der Waals surface area contributed by atoms with Gasteiger partial charge in [0.25, 0.3) is 0 Å². The second kappa shape index (κ2) is 10.4. The third-order valence-electron chi connectivity index (χ3n) is 6.88. The first-order valence-corrected chi connectivity index (χ1v) is 13.1. The van der Waals surface area contributed by atoms with Gasteiger partial charge >= 0.3 is 0 Å². The van der Waals surface area contributed by atoms with Crippen molar-refractivity contribution in [2.24, 2.45) is 11.1 Å². The molecule has 0 aliphatic carbocycles. The number of piperidine rings is 1. The fraction of sp³-hybridized carbons (Fsp3) is 0.500. The quantitative estimate of drug-likeness (QED) is 0.278. The Balaban J connectivity index is 1.28. The fourth-order valence-corrected chi connectivity index (χ4v) is 6.19. The Kier molecular flexibility index (Phi) is 7.49. The maximum atomic E-state index is 13.1. The zero-order chi connectivity index (χ0) is 24.3. The second-order valence-electron chi connectivity index (χ2n) is 9.04. The average molecular weight is 491 g/mol. The van der Waals surface area contributed by atoms with Crippen molar-refractivity contribution in [2.75, 3.05) is 33.2 Å². The molecular formula is C24H31FN4O4S. The van der Waals surface area contributed by atoms with Gasteiger partial charge in [-0.15, -0.1) is 0 Å². The van der Waals surface area contributed by atoms with Crippen LogP contribution in [0.4, 0.5) is 4.39 Å². The van der Waals surface area contributed by atoms with Gasteiger partial charge in [-0.25, -0.2) is 17.1 Å². The number of unbranched alkanes of at least 4 members (excludes halogenated alkanes) is 1. The van der Waals surface area contributed by atoms with E-state index in [2.05, 4.69) is 10.1 Å². The van der Waals surface area contributed by atoms with Crippen LogP contribution in [-0.2, 0) is 16.6 Å². The number of Topliss-reactive ketones (excluding diaryl/α,β-unsaturated/α-hetero) is 1. The van der Waals surface area contributed by atoms with Crippen LogP contribution < -0.4 is 0 Å². The van der Waals surface area contributed by atoms with Gasteiger partial charge in [0.05, 0.1) is 5.69 Å². The number of likely N-dealkylation sites (tertiary alicyclic amines) is 1. The lowest BCUT2D eigenvalue weighted by atomic mass is 9.89. The van der Waals surface area contributed by atoms with E-state index in [0.29, 0.717) is 29.9 Å². The lowest BCUT2D eigenvalue weighted by molar-refractivity contribution is 0.0838. The Morgan fingerprint density at radius 3 is 2.44 bits per heavy atom. The molecule has 1 fully saturated rings. The van der Waals surface area contributed by atoms with E-state index in [9.17, 15) is 22.8 Å². The summed E-state index contributed by atoms with van der Waals surface area (Å²) in [6, 6.07) is 7.36. The summed E-state index contributed by atoms with van der Waals surface area (Å²) in [7, 11) is -2.06. The van der Waals surface area contributed by atoms with E-state index in [-0.39, 0.29) is 29.0 Å². The Morgan fingerprint density at radius 1 is 1.09 bits per heavy atom. The summed E-state index contributed by atoms with van der Waals surface area (Å²) < 4.78 is 41.8. The molecule has 0 amide bonds. The number of aromatic nitrogens is 1. The summed E-state index contributed by atoms with van der Waals surface area (Å²) in [6.45, 7) is 3.51. The smallest absolute Gasteiger partial charge is 0.245 e. The molecule has 4 rings (SSSR count). The third kappa shape index (κ3) is 5.08. The van der Waals surface area contributed by atoms with Crippen molar-refractivity contribution in [2.45, 2.75) is 43.5 Å². The van der Waals surface area contributed by atoms with Crippen LogP contribution >= 0.6 is 0 Å². The number of benzene rings is 1. The number of halogens is 1. The summed E-state index contributed by atoms with van der Waals surface area (Å²) >= 11 is 0. The van der Waals surface area contributed by atoms with Crippen molar-refractivity contribution in [3.05, 3.63) is 53.6 Å². The highest BCUT2D eigenvalue weighted by Gasteiger charge is 2.32. The molecule has 1 aromatic carbocycles. The molecule has 0 unspecified atom stereocenters. The second-order valence-corrected chi connectivity index (χ2v) is 11.1. The molecule has 0 atom stereocenters. The molecule has 0 radical (unpaired) electrons. The van der Waals surface area contributed by atoms with Crippen molar-refractivity contribution >= 4 is 21.5 Å². The van der Waals surface area contributed by atoms with Gasteiger partial charge in [-0.2, -0.15) is 0 Å². The van der Waals surface area contributed by atoms with Gasteiger partial charge in [0, 0.05) is 44.2 Å². The number of hydrogen-bond donors (Lipinski definition) is 1. The first kappa shape index (κ1) is 24.6. The molecule has 2 aliphatic heterocycles. The van der Waals surface area contributed by atoms with Gasteiger partial charge in [-0.3, -0.25) is 4.79 Å². The number of rotatable bonds is 7. The highest BCUT2D eigenvalue weighted by molar-refractivity contribution is 7.89. The van der Waals surface area contributed by atoms with Crippen LogP contribution in [0.2, 0.25) is 0 Å². The Bertz CT molecular complexity index is 1150. The molecule has 10 heteroatoms. The van der Waals surface area contributed by atoms with E-state index >= 15 is 0 Å². The number of ketones is 1. The monoisotopic (exact) mass is 490 g/mol. The van der Waals surface area contributed by atoms with Crippen LogP contribution in [-0.4, -0.2) is 72.1 Å². The van der Waals surface area contributed by atoms with E-state index in [1.165, 1.54) is 23.5 Å². The van der Waals surface area contributed by atoms with Gasteiger partial charge in [0.15, 0.2) is 5.78 Å². The number of fused-ring (bicyclic) bond motifs is 1. The average Bonchev–Trinajstić information content (AvgIpc) is 3.23. The molecule has 0 bridgehead atoms. The van der Waals surface area contributed by atoms with Crippen molar-refractivity contribution in [1.82, 2.24) is 13.8 Å². The number of carbonyl (C=O) groups is 1.